The Hall–Kier alpha value is -0.520. The molecule has 0 aromatic rings. The Bertz CT molecular complexity index is 190. The SMILES string of the molecule is C=CC1CCCC2CC=CCC12. The van der Waals surface area contributed by atoms with Gasteiger partial charge in [-0.15, -0.1) is 6.58 Å². The van der Waals surface area contributed by atoms with Gasteiger partial charge in [0.1, 0.15) is 0 Å². The van der Waals surface area contributed by atoms with E-state index in [9.17, 15) is 0 Å². The van der Waals surface area contributed by atoms with Gasteiger partial charge in [0.2, 0.25) is 0 Å². The van der Waals surface area contributed by atoms with Crippen LogP contribution in [-0.4, -0.2) is 0 Å². The van der Waals surface area contributed by atoms with Crippen molar-refractivity contribution in [1.29, 1.82) is 0 Å². The molecule has 0 aliphatic heterocycles. The highest BCUT2D eigenvalue weighted by Gasteiger charge is 2.31. The zero-order valence-electron chi connectivity index (χ0n) is 7.71. The topological polar surface area (TPSA) is 0 Å². The quantitative estimate of drug-likeness (QED) is 0.517. The highest BCUT2D eigenvalue weighted by Crippen LogP contribution is 2.41. The zero-order valence-corrected chi connectivity index (χ0v) is 7.71. The third kappa shape index (κ3) is 1.35. The van der Waals surface area contributed by atoms with Crippen LogP contribution < -0.4 is 0 Å². The van der Waals surface area contributed by atoms with E-state index in [-0.39, 0.29) is 0 Å². The van der Waals surface area contributed by atoms with Crippen molar-refractivity contribution in [1.82, 2.24) is 0 Å². The van der Waals surface area contributed by atoms with Gasteiger partial charge >= 0.3 is 0 Å². The Balaban J connectivity index is 2.10. The smallest absolute Gasteiger partial charge is 0.0202 e. The second kappa shape index (κ2) is 3.47. The molecule has 0 N–H and O–H groups in total. The van der Waals surface area contributed by atoms with Crippen LogP contribution in [0.5, 0.6) is 0 Å². The van der Waals surface area contributed by atoms with Gasteiger partial charge in [-0.3, -0.25) is 0 Å². The molecule has 1 saturated carbocycles. The van der Waals surface area contributed by atoms with E-state index in [2.05, 4.69) is 24.8 Å². The van der Waals surface area contributed by atoms with Crippen molar-refractivity contribution < 1.29 is 0 Å². The van der Waals surface area contributed by atoms with Crippen LogP contribution in [-0.2, 0) is 0 Å². The van der Waals surface area contributed by atoms with Gasteiger partial charge in [-0.25, -0.2) is 0 Å². The van der Waals surface area contributed by atoms with Crippen LogP contribution in [0.2, 0.25) is 0 Å². The van der Waals surface area contributed by atoms with E-state index in [1.54, 1.807) is 0 Å². The summed E-state index contributed by atoms with van der Waals surface area (Å²) in [5, 5.41) is 0. The molecule has 1 fully saturated rings. The first-order chi connectivity index (χ1) is 5.92. The fourth-order valence-electron chi connectivity index (χ4n) is 2.87. The molecule has 0 heteroatoms. The minimum atomic E-state index is 0.814. The highest BCUT2D eigenvalue weighted by atomic mass is 14.4. The maximum atomic E-state index is 3.95. The van der Waals surface area contributed by atoms with Gasteiger partial charge in [-0.1, -0.05) is 24.6 Å². The van der Waals surface area contributed by atoms with Crippen LogP contribution in [0.1, 0.15) is 32.1 Å². The number of fused-ring (bicyclic) bond motifs is 1. The molecule has 0 amide bonds. The Morgan fingerprint density at radius 3 is 2.83 bits per heavy atom. The molecule has 0 bridgehead atoms. The summed E-state index contributed by atoms with van der Waals surface area (Å²) in [5.41, 5.74) is 0. The number of allylic oxidation sites excluding steroid dienone is 3. The highest BCUT2D eigenvalue weighted by molar-refractivity contribution is 5.01. The van der Waals surface area contributed by atoms with Gasteiger partial charge in [-0.05, 0) is 43.4 Å². The lowest BCUT2D eigenvalue weighted by Crippen LogP contribution is -2.28. The van der Waals surface area contributed by atoms with Crippen molar-refractivity contribution >= 4 is 0 Å². The van der Waals surface area contributed by atoms with Crippen LogP contribution in [0.3, 0.4) is 0 Å². The van der Waals surface area contributed by atoms with E-state index in [1.807, 2.05) is 0 Å². The molecular formula is C12H18. The Kier molecular flexibility index (Phi) is 2.34. The average molecular weight is 162 g/mol. The number of rotatable bonds is 1. The van der Waals surface area contributed by atoms with Gasteiger partial charge < -0.3 is 0 Å². The third-order valence-electron chi connectivity index (χ3n) is 3.58. The van der Waals surface area contributed by atoms with Crippen molar-refractivity contribution in [2.75, 3.05) is 0 Å². The summed E-state index contributed by atoms with van der Waals surface area (Å²) in [6.45, 7) is 3.95. The maximum absolute atomic E-state index is 3.95. The molecule has 2 aliphatic rings. The first kappa shape index (κ1) is 8.10. The fourth-order valence-corrected chi connectivity index (χ4v) is 2.87. The lowest BCUT2D eigenvalue weighted by Gasteiger charge is -2.38. The van der Waals surface area contributed by atoms with Gasteiger partial charge in [-0.2, -0.15) is 0 Å². The molecule has 0 heterocycles. The number of hydrogen-bond acceptors (Lipinski definition) is 0. The first-order valence-electron chi connectivity index (χ1n) is 5.19. The van der Waals surface area contributed by atoms with E-state index in [4.69, 9.17) is 0 Å². The summed E-state index contributed by atoms with van der Waals surface area (Å²) < 4.78 is 0. The second-order valence-electron chi connectivity index (χ2n) is 4.20. The standard InChI is InChI=1S/C12H18/c1-2-10-7-5-8-11-6-3-4-9-12(10)11/h2-4,10-12H,1,5-9H2. The molecule has 12 heavy (non-hydrogen) atoms. The van der Waals surface area contributed by atoms with Crippen molar-refractivity contribution in [2.45, 2.75) is 32.1 Å². The van der Waals surface area contributed by atoms with Crippen LogP contribution in [0.4, 0.5) is 0 Å². The van der Waals surface area contributed by atoms with Crippen LogP contribution in [0, 0.1) is 17.8 Å². The fraction of sp³-hybridized carbons (Fsp3) is 0.667. The Labute approximate surface area is 75.4 Å². The summed E-state index contributed by atoms with van der Waals surface area (Å²) in [7, 11) is 0. The normalized spacial score (nSPS) is 40.5. The van der Waals surface area contributed by atoms with Crippen molar-refractivity contribution in [3.63, 3.8) is 0 Å². The monoisotopic (exact) mass is 162 g/mol. The summed E-state index contributed by atoms with van der Waals surface area (Å²) in [6.07, 6.45) is 13.8. The van der Waals surface area contributed by atoms with Crippen molar-refractivity contribution in [2.24, 2.45) is 17.8 Å². The van der Waals surface area contributed by atoms with Crippen molar-refractivity contribution in [3.8, 4) is 0 Å². The van der Waals surface area contributed by atoms with Crippen LogP contribution in [0.25, 0.3) is 0 Å². The van der Waals surface area contributed by atoms with E-state index < -0.39 is 0 Å². The Morgan fingerprint density at radius 1 is 1.17 bits per heavy atom. The molecule has 66 valence electrons. The van der Waals surface area contributed by atoms with Gasteiger partial charge in [0, 0.05) is 0 Å². The molecule has 0 nitrogen and oxygen atoms in total. The molecule has 2 rings (SSSR count). The van der Waals surface area contributed by atoms with Gasteiger partial charge in [0.15, 0.2) is 0 Å². The molecule has 3 unspecified atom stereocenters. The molecule has 2 aliphatic carbocycles. The molecular weight excluding hydrogens is 144 g/mol. The Morgan fingerprint density at radius 2 is 2.00 bits per heavy atom. The predicted octanol–water partition coefficient (Wildman–Crippen LogP) is 3.55. The molecule has 0 aromatic heterocycles. The molecule has 0 aromatic carbocycles. The summed E-state index contributed by atoms with van der Waals surface area (Å²) in [5.74, 6) is 2.72. The summed E-state index contributed by atoms with van der Waals surface area (Å²) >= 11 is 0. The summed E-state index contributed by atoms with van der Waals surface area (Å²) in [4.78, 5) is 0. The molecule has 3 atom stereocenters. The average Bonchev–Trinajstić information content (AvgIpc) is 2.17. The van der Waals surface area contributed by atoms with E-state index in [0.717, 1.165) is 17.8 Å². The minimum Gasteiger partial charge on any atom is -0.103 e. The third-order valence-corrected chi connectivity index (χ3v) is 3.58. The molecule has 0 spiro atoms. The number of hydrogen-bond donors (Lipinski definition) is 0. The van der Waals surface area contributed by atoms with Gasteiger partial charge in [0.25, 0.3) is 0 Å². The van der Waals surface area contributed by atoms with Crippen LogP contribution >= 0.6 is 0 Å². The molecule has 0 radical (unpaired) electrons. The lowest BCUT2D eigenvalue weighted by atomic mass is 9.67. The minimum absolute atomic E-state index is 0.814. The van der Waals surface area contributed by atoms with Crippen molar-refractivity contribution in [3.05, 3.63) is 24.8 Å². The van der Waals surface area contributed by atoms with E-state index in [1.165, 1.54) is 32.1 Å². The predicted molar refractivity (Wildman–Crippen MR) is 52.9 cm³/mol. The van der Waals surface area contributed by atoms with Gasteiger partial charge in [0.05, 0.1) is 0 Å². The van der Waals surface area contributed by atoms with E-state index >= 15 is 0 Å². The largest absolute Gasteiger partial charge is 0.103 e. The van der Waals surface area contributed by atoms with E-state index in [0.29, 0.717) is 0 Å². The second-order valence-corrected chi connectivity index (χ2v) is 4.20. The first-order valence-corrected chi connectivity index (χ1v) is 5.19. The zero-order chi connectivity index (χ0) is 8.39. The lowest BCUT2D eigenvalue weighted by molar-refractivity contribution is 0.180. The van der Waals surface area contributed by atoms with Crippen LogP contribution in [0.15, 0.2) is 24.8 Å². The molecule has 0 saturated heterocycles. The summed E-state index contributed by atoms with van der Waals surface area (Å²) in [6, 6.07) is 0. The maximum Gasteiger partial charge on any atom is -0.0202 e.